The number of sulfonamides is 1. The average Bonchev–Trinajstić information content (AvgIpc) is 2.56. The van der Waals surface area contributed by atoms with Gasteiger partial charge in [0.25, 0.3) is 0 Å². The minimum Gasteiger partial charge on any atom is -0.394 e. The van der Waals surface area contributed by atoms with E-state index in [2.05, 4.69) is 10.0 Å². The summed E-state index contributed by atoms with van der Waals surface area (Å²) < 4.78 is 45.9. The molecule has 0 spiro atoms. The molecule has 0 saturated carbocycles. The number of hydrogen-bond acceptors (Lipinski definition) is 5. The van der Waals surface area contributed by atoms with Crippen LogP contribution in [0.1, 0.15) is 26.2 Å². The molecule has 7 nitrogen and oxygen atoms in total. The summed E-state index contributed by atoms with van der Waals surface area (Å²) in [6.07, 6.45) is -0.0273. The van der Waals surface area contributed by atoms with Gasteiger partial charge in [-0.1, -0.05) is 0 Å². The molecule has 3 N–H and O–H groups in total. The van der Waals surface area contributed by atoms with Gasteiger partial charge in [-0.3, -0.25) is 4.79 Å². The van der Waals surface area contributed by atoms with Crippen molar-refractivity contribution in [2.24, 2.45) is 0 Å². The van der Waals surface area contributed by atoms with Gasteiger partial charge >= 0.3 is 0 Å². The predicted octanol–water partition coefficient (Wildman–Crippen LogP) is 0.539. The number of nitrogens with one attached hydrogen (secondary N) is 2. The molecule has 0 aliphatic carbocycles. The van der Waals surface area contributed by atoms with E-state index in [1.165, 1.54) is 12.1 Å². The Hall–Kier alpha value is -1.55. The lowest BCUT2D eigenvalue weighted by atomic mass is 9.98. The van der Waals surface area contributed by atoms with E-state index in [9.17, 15) is 22.7 Å². The standard InChI is InChI=1S/C16H23FN2O5S/c1-2-18-16(21)9-12-5-8-14(15(10-20)24-12)19-25(22,23)13-6-3-11(17)4-7-13/h3-4,6-7,12,14-15,19-20H,2,5,8-10H2,1H3,(H,18,21)/t12-,14+,15-/m1/s1. The molecule has 1 amide bonds. The lowest BCUT2D eigenvalue weighted by Crippen LogP contribution is -2.51. The lowest BCUT2D eigenvalue weighted by Gasteiger charge is -2.35. The molecule has 1 aliphatic rings. The third-order valence-electron chi connectivity index (χ3n) is 4.01. The number of aliphatic hydroxyl groups excluding tert-OH is 1. The summed E-state index contributed by atoms with van der Waals surface area (Å²) in [7, 11) is -3.86. The number of carbonyl (C=O) groups excluding carboxylic acids is 1. The normalized spacial score (nSPS) is 24.0. The van der Waals surface area contributed by atoms with Crippen molar-refractivity contribution in [2.75, 3.05) is 13.2 Å². The Kier molecular flexibility index (Phi) is 6.88. The zero-order valence-electron chi connectivity index (χ0n) is 13.9. The van der Waals surface area contributed by atoms with Crippen LogP contribution in [0.4, 0.5) is 4.39 Å². The summed E-state index contributed by atoms with van der Waals surface area (Å²) in [4.78, 5) is 11.6. The van der Waals surface area contributed by atoms with Gasteiger partial charge in [-0.25, -0.2) is 17.5 Å². The number of benzene rings is 1. The van der Waals surface area contributed by atoms with E-state index in [-0.39, 0.29) is 29.9 Å². The highest BCUT2D eigenvalue weighted by Gasteiger charge is 2.34. The van der Waals surface area contributed by atoms with Gasteiger partial charge in [0.15, 0.2) is 0 Å². The van der Waals surface area contributed by atoms with Crippen LogP contribution in [0.2, 0.25) is 0 Å². The Bertz CT molecular complexity index is 680. The number of aliphatic hydroxyl groups is 1. The molecule has 1 aromatic carbocycles. The predicted molar refractivity (Wildman–Crippen MR) is 88.8 cm³/mol. The number of hydrogen-bond donors (Lipinski definition) is 3. The Morgan fingerprint density at radius 2 is 2.00 bits per heavy atom. The van der Waals surface area contributed by atoms with Crippen LogP contribution in [0.25, 0.3) is 0 Å². The first kappa shape index (κ1) is 19.8. The molecule has 2 rings (SSSR count). The molecule has 0 aromatic heterocycles. The second-order valence-corrected chi connectivity index (χ2v) is 7.61. The monoisotopic (exact) mass is 374 g/mol. The fourth-order valence-electron chi connectivity index (χ4n) is 2.77. The van der Waals surface area contributed by atoms with Gasteiger partial charge in [0.2, 0.25) is 15.9 Å². The molecule has 1 aliphatic heterocycles. The van der Waals surface area contributed by atoms with Crippen molar-refractivity contribution >= 4 is 15.9 Å². The fraction of sp³-hybridized carbons (Fsp3) is 0.562. The molecule has 1 heterocycles. The first-order valence-corrected chi connectivity index (χ1v) is 9.65. The number of rotatable bonds is 7. The van der Waals surface area contributed by atoms with Gasteiger partial charge in [0.1, 0.15) is 5.82 Å². The summed E-state index contributed by atoms with van der Waals surface area (Å²) >= 11 is 0. The van der Waals surface area contributed by atoms with Crippen LogP contribution in [0.3, 0.4) is 0 Å². The molecule has 1 fully saturated rings. The van der Waals surface area contributed by atoms with Crippen molar-refractivity contribution in [3.8, 4) is 0 Å². The van der Waals surface area contributed by atoms with Crippen LogP contribution in [-0.2, 0) is 19.6 Å². The van der Waals surface area contributed by atoms with Gasteiger partial charge in [0.05, 0.1) is 36.2 Å². The maximum atomic E-state index is 13.0. The van der Waals surface area contributed by atoms with Crippen LogP contribution in [0.15, 0.2) is 29.2 Å². The maximum Gasteiger partial charge on any atom is 0.240 e. The van der Waals surface area contributed by atoms with Gasteiger partial charge in [-0.05, 0) is 44.0 Å². The molecule has 0 radical (unpaired) electrons. The number of halogens is 1. The largest absolute Gasteiger partial charge is 0.394 e. The Labute approximate surface area is 146 Å². The third kappa shape index (κ3) is 5.46. The minimum atomic E-state index is -3.86. The van der Waals surface area contributed by atoms with Crippen LogP contribution in [0, 0.1) is 5.82 Å². The summed E-state index contributed by atoms with van der Waals surface area (Å²) in [6, 6.07) is 3.86. The molecular formula is C16H23FN2O5S. The van der Waals surface area contributed by atoms with Crippen LogP contribution in [-0.4, -0.2) is 50.8 Å². The van der Waals surface area contributed by atoms with Crippen molar-refractivity contribution in [2.45, 2.75) is 49.3 Å². The van der Waals surface area contributed by atoms with Gasteiger partial charge in [-0.15, -0.1) is 0 Å². The topological polar surface area (TPSA) is 105 Å². The molecule has 1 aromatic rings. The molecule has 0 unspecified atom stereocenters. The zero-order valence-corrected chi connectivity index (χ0v) is 14.8. The van der Waals surface area contributed by atoms with E-state index in [1.54, 1.807) is 0 Å². The molecule has 25 heavy (non-hydrogen) atoms. The highest BCUT2D eigenvalue weighted by atomic mass is 32.2. The first-order chi connectivity index (χ1) is 11.9. The van der Waals surface area contributed by atoms with Gasteiger partial charge in [0, 0.05) is 6.54 Å². The van der Waals surface area contributed by atoms with E-state index in [4.69, 9.17) is 4.74 Å². The van der Waals surface area contributed by atoms with E-state index in [0.717, 1.165) is 12.1 Å². The summed E-state index contributed by atoms with van der Waals surface area (Å²) in [5, 5.41) is 12.2. The summed E-state index contributed by atoms with van der Waals surface area (Å²) in [6.45, 7) is 1.97. The van der Waals surface area contributed by atoms with E-state index < -0.39 is 28.0 Å². The number of carbonyl (C=O) groups is 1. The highest BCUT2D eigenvalue weighted by Crippen LogP contribution is 2.23. The SMILES string of the molecule is CCNC(=O)C[C@H]1CC[C@H](NS(=O)(=O)c2ccc(F)cc2)[C@@H](CO)O1. The van der Waals surface area contributed by atoms with Gasteiger partial charge < -0.3 is 15.2 Å². The molecular weight excluding hydrogens is 351 g/mol. The number of ether oxygens (including phenoxy) is 1. The van der Waals surface area contributed by atoms with Crippen molar-refractivity contribution in [1.29, 1.82) is 0 Å². The maximum absolute atomic E-state index is 13.0. The smallest absolute Gasteiger partial charge is 0.240 e. The number of amides is 1. The highest BCUT2D eigenvalue weighted by molar-refractivity contribution is 7.89. The Balaban J connectivity index is 2.00. The fourth-order valence-corrected chi connectivity index (χ4v) is 4.07. The van der Waals surface area contributed by atoms with E-state index in [0.29, 0.717) is 19.4 Å². The van der Waals surface area contributed by atoms with Gasteiger partial charge in [-0.2, -0.15) is 0 Å². The molecule has 3 atom stereocenters. The van der Waals surface area contributed by atoms with Crippen molar-refractivity contribution in [3.05, 3.63) is 30.1 Å². The first-order valence-electron chi connectivity index (χ1n) is 8.16. The van der Waals surface area contributed by atoms with Crippen molar-refractivity contribution in [1.82, 2.24) is 10.0 Å². The molecule has 9 heteroatoms. The molecule has 1 saturated heterocycles. The second kappa shape index (κ2) is 8.70. The second-order valence-electron chi connectivity index (χ2n) is 5.90. The molecule has 0 bridgehead atoms. The third-order valence-corrected chi connectivity index (χ3v) is 5.52. The van der Waals surface area contributed by atoms with Crippen LogP contribution >= 0.6 is 0 Å². The average molecular weight is 374 g/mol. The zero-order chi connectivity index (χ0) is 18.4. The Morgan fingerprint density at radius 1 is 1.32 bits per heavy atom. The lowest BCUT2D eigenvalue weighted by molar-refractivity contribution is -0.130. The molecule has 140 valence electrons. The van der Waals surface area contributed by atoms with E-state index >= 15 is 0 Å². The van der Waals surface area contributed by atoms with E-state index in [1.807, 2.05) is 6.92 Å². The Morgan fingerprint density at radius 3 is 2.60 bits per heavy atom. The minimum absolute atomic E-state index is 0.0602. The van der Waals surface area contributed by atoms with Crippen molar-refractivity contribution < 1.29 is 27.4 Å². The van der Waals surface area contributed by atoms with Crippen molar-refractivity contribution in [3.63, 3.8) is 0 Å². The summed E-state index contributed by atoms with van der Waals surface area (Å²) in [5.74, 6) is -0.670. The van der Waals surface area contributed by atoms with Crippen LogP contribution in [0.5, 0.6) is 0 Å². The van der Waals surface area contributed by atoms with Crippen LogP contribution < -0.4 is 10.0 Å². The summed E-state index contributed by atoms with van der Waals surface area (Å²) in [5.41, 5.74) is 0. The quantitative estimate of drug-likeness (QED) is 0.646.